The summed E-state index contributed by atoms with van der Waals surface area (Å²) < 4.78 is 5.95. The number of hydrogen-bond donors (Lipinski definition) is 1. The Morgan fingerprint density at radius 1 is 1.03 bits per heavy atom. The molecule has 1 heterocycles. The van der Waals surface area contributed by atoms with Crippen LogP contribution in [0.5, 0.6) is 0 Å². The Morgan fingerprint density at radius 2 is 1.83 bits per heavy atom. The topological polar surface area (TPSA) is 55.1 Å². The van der Waals surface area contributed by atoms with Crippen LogP contribution >= 0.6 is 23.2 Å². The normalized spacial score (nSPS) is 11.3. The van der Waals surface area contributed by atoms with Crippen molar-refractivity contribution in [3.63, 3.8) is 0 Å². The second-order valence-electron chi connectivity index (χ2n) is 7.51. The quantitative estimate of drug-likeness (QED) is 0.359. The third-order valence-corrected chi connectivity index (χ3v) is 5.53. The van der Waals surface area contributed by atoms with Crippen LogP contribution < -0.4 is 5.32 Å². The molecule has 0 aliphatic rings. The zero-order valence-electron chi connectivity index (χ0n) is 16.8. The second kappa shape index (κ2) is 8.13. The molecule has 0 bridgehead atoms. The summed E-state index contributed by atoms with van der Waals surface area (Å²) >= 11 is 12.1. The van der Waals surface area contributed by atoms with Crippen LogP contribution in [0.2, 0.25) is 10.0 Å². The van der Waals surface area contributed by atoms with Crippen LogP contribution in [-0.2, 0) is 0 Å². The number of halogens is 2. The lowest BCUT2D eigenvalue weighted by Gasteiger charge is -2.11. The van der Waals surface area contributed by atoms with Gasteiger partial charge in [0, 0.05) is 16.3 Å². The Morgan fingerprint density at radius 3 is 2.57 bits per heavy atom. The van der Waals surface area contributed by atoms with Crippen molar-refractivity contribution in [2.24, 2.45) is 0 Å². The molecule has 0 aliphatic heterocycles. The summed E-state index contributed by atoms with van der Waals surface area (Å²) in [6, 6.07) is 16.5. The molecule has 0 saturated carbocycles. The van der Waals surface area contributed by atoms with Gasteiger partial charge in [-0.1, -0.05) is 49.2 Å². The number of aromatic nitrogens is 1. The lowest BCUT2D eigenvalue weighted by molar-refractivity contribution is 0.102. The lowest BCUT2D eigenvalue weighted by Crippen LogP contribution is -2.13. The van der Waals surface area contributed by atoms with E-state index in [2.05, 4.69) is 30.2 Å². The largest absolute Gasteiger partial charge is 0.436 e. The fourth-order valence-corrected chi connectivity index (χ4v) is 3.67. The van der Waals surface area contributed by atoms with Crippen molar-refractivity contribution in [3.05, 3.63) is 81.3 Å². The lowest BCUT2D eigenvalue weighted by atomic mass is 10.0. The number of aryl methyl sites for hydroxylation is 1. The van der Waals surface area contributed by atoms with Gasteiger partial charge in [-0.2, -0.15) is 0 Å². The van der Waals surface area contributed by atoms with Gasteiger partial charge in [0.15, 0.2) is 5.58 Å². The van der Waals surface area contributed by atoms with Crippen LogP contribution in [0.1, 0.15) is 41.3 Å². The van der Waals surface area contributed by atoms with Crippen LogP contribution in [0.15, 0.2) is 59.0 Å². The summed E-state index contributed by atoms with van der Waals surface area (Å²) in [4.78, 5) is 17.4. The number of carbonyl (C=O) groups excluding carboxylic acids is 1. The Bertz CT molecular complexity index is 1260. The zero-order chi connectivity index (χ0) is 21.4. The highest BCUT2D eigenvalue weighted by molar-refractivity contribution is 6.37. The number of nitrogens with one attached hydrogen (secondary N) is 1. The minimum absolute atomic E-state index is 0.300. The first-order chi connectivity index (χ1) is 14.3. The molecule has 0 saturated heterocycles. The van der Waals surface area contributed by atoms with Gasteiger partial charge in [0.1, 0.15) is 5.52 Å². The number of anilines is 1. The zero-order valence-corrected chi connectivity index (χ0v) is 18.3. The van der Waals surface area contributed by atoms with E-state index in [1.807, 2.05) is 37.3 Å². The van der Waals surface area contributed by atoms with E-state index in [0.717, 1.165) is 22.2 Å². The number of carbonyl (C=O) groups is 1. The SMILES string of the molecule is Cc1ccc(-c2nc3cc(C(C)C)ccc3o2)cc1NC(=O)c1ccc(Cl)cc1Cl. The average Bonchev–Trinajstić information content (AvgIpc) is 3.12. The molecule has 6 heteroatoms. The molecule has 4 aromatic rings. The monoisotopic (exact) mass is 438 g/mol. The predicted molar refractivity (Wildman–Crippen MR) is 123 cm³/mol. The third-order valence-electron chi connectivity index (χ3n) is 4.99. The molecule has 0 aliphatic carbocycles. The van der Waals surface area contributed by atoms with E-state index in [4.69, 9.17) is 27.6 Å². The molecule has 0 radical (unpaired) electrons. The van der Waals surface area contributed by atoms with Gasteiger partial charge in [0.2, 0.25) is 5.89 Å². The van der Waals surface area contributed by atoms with Gasteiger partial charge in [-0.3, -0.25) is 4.79 Å². The summed E-state index contributed by atoms with van der Waals surface area (Å²) in [6.07, 6.45) is 0. The third kappa shape index (κ3) is 4.07. The van der Waals surface area contributed by atoms with Crippen LogP contribution in [0, 0.1) is 6.92 Å². The first-order valence-electron chi connectivity index (χ1n) is 9.60. The molecule has 0 fully saturated rings. The van der Waals surface area contributed by atoms with Gasteiger partial charge in [-0.05, 0) is 66.4 Å². The van der Waals surface area contributed by atoms with E-state index in [1.54, 1.807) is 18.2 Å². The summed E-state index contributed by atoms with van der Waals surface area (Å²) in [5, 5.41) is 3.70. The van der Waals surface area contributed by atoms with Crippen LogP contribution in [0.3, 0.4) is 0 Å². The molecule has 30 heavy (non-hydrogen) atoms. The van der Waals surface area contributed by atoms with Gasteiger partial charge in [0.25, 0.3) is 5.91 Å². The van der Waals surface area contributed by atoms with E-state index in [-0.39, 0.29) is 5.91 Å². The van der Waals surface area contributed by atoms with E-state index >= 15 is 0 Å². The highest BCUT2D eigenvalue weighted by Crippen LogP contribution is 2.30. The van der Waals surface area contributed by atoms with Crippen molar-refractivity contribution in [3.8, 4) is 11.5 Å². The van der Waals surface area contributed by atoms with Gasteiger partial charge < -0.3 is 9.73 Å². The second-order valence-corrected chi connectivity index (χ2v) is 8.35. The first-order valence-corrected chi connectivity index (χ1v) is 10.4. The first kappa shape index (κ1) is 20.5. The average molecular weight is 439 g/mol. The number of benzene rings is 3. The number of nitrogens with zero attached hydrogens (tertiary/aromatic N) is 1. The number of hydrogen-bond acceptors (Lipinski definition) is 3. The standard InChI is InChI=1S/C24H20Cl2N2O2/c1-13(2)15-6-9-22-21(10-15)28-24(30-22)16-5-4-14(3)20(11-16)27-23(29)18-8-7-17(25)12-19(18)26/h4-13H,1-3H3,(H,27,29). The Hall–Kier alpha value is -2.82. The highest BCUT2D eigenvalue weighted by Gasteiger charge is 2.15. The van der Waals surface area contributed by atoms with E-state index in [9.17, 15) is 4.79 Å². The molecule has 152 valence electrons. The molecule has 0 atom stereocenters. The predicted octanol–water partition coefficient (Wildman–Crippen LogP) is 7.49. The summed E-state index contributed by atoms with van der Waals surface area (Å²) in [7, 11) is 0. The van der Waals surface area contributed by atoms with Gasteiger partial charge in [-0.25, -0.2) is 4.98 Å². The van der Waals surface area contributed by atoms with Crippen molar-refractivity contribution >= 4 is 45.9 Å². The van der Waals surface area contributed by atoms with Crippen molar-refractivity contribution in [1.29, 1.82) is 0 Å². The molecule has 4 nitrogen and oxygen atoms in total. The number of oxazole rings is 1. The fraction of sp³-hybridized carbons (Fsp3) is 0.167. The van der Waals surface area contributed by atoms with Crippen LogP contribution in [-0.4, -0.2) is 10.9 Å². The molecule has 0 unspecified atom stereocenters. The van der Waals surface area contributed by atoms with Gasteiger partial charge in [0.05, 0.1) is 10.6 Å². The fourth-order valence-electron chi connectivity index (χ4n) is 3.18. The minimum Gasteiger partial charge on any atom is -0.436 e. The summed E-state index contributed by atoms with van der Waals surface area (Å²) in [5.41, 5.74) is 5.46. The number of fused-ring (bicyclic) bond motifs is 1. The number of rotatable bonds is 4. The van der Waals surface area contributed by atoms with E-state index in [1.165, 1.54) is 5.56 Å². The van der Waals surface area contributed by atoms with Crippen LogP contribution in [0.25, 0.3) is 22.6 Å². The Kier molecular flexibility index (Phi) is 5.54. The van der Waals surface area contributed by atoms with Crippen molar-refractivity contribution in [2.75, 3.05) is 5.32 Å². The van der Waals surface area contributed by atoms with Crippen molar-refractivity contribution in [2.45, 2.75) is 26.7 Å². The molecule has 1 aromatic heterocycles. The summed E-state index contributed by atoms with van der Waals surface area (Å²) in [5.74, 6) is 0.609. The maximum Gasteiger partial charge on any atom is 0.257 e. The minimum atomic E-state index is -0.309. The maximum absolute atomic E-state index is 12.7. The van der Waals surface area contributed by atoms with Gasteiger partial charge >= 0.3 is 0 Å². The maximum atomic E-state index is 12.7. The smallest absolute Gasteiger partial charge is 0.257 e. The Labute approximate surface area is 184 Å². The number of amides is 1. The highest BCUT2D eigenvalue weighted by atomic mass is 35.5. The molecular weight excluding hydrogens is 419 g/mol. The van der Waals surface area contributed by atoms with Crippen LogP contribution in [0.4, 0.5) is 5.69 Å². The Balaban J connectivity index is 1.66. The van der Waals surface area contributed by atoms with Crippen molar-refractivity contribution in [1.82, 2.24) is 4.98 Å². The molecule has 3 aromatic carbocycles. The van der Waals surface area contributed by atoms with Gasteiger partial charge in [-0.15, -0.1) is 0 Å². The molecular formula is C24H20Cl2N2O2. The van der Waals surface area contributed by atoms with E-state index < -0.39 is 0 Å². The molecule has 0 spiro atoms. The van der Waals surface area contributed by atoms with Crippen molar-refractivity contribution < 1.29 is 9.21 Å². The summed E-state index contributed by atoms with van der Waals surface area (Å²) in [6.45, 7) is 6.21. The molecule has 1 N–H and O–H groups in total. The molecule has 4 rings (SSSR count). The van der Waals surface area contributed by atoms with E-state index in [0.29, 0.717) is 33.1 Å². The molecule has 1 amide bonds.